The number of likely N-dealkylation sites (tertiary alicyclic amines) is 1. The van der Waals surface area contributed by atoms with Crippen LogP contribution in [0.4, 0.5) is 5.69 Å². The lowest BCUT2D eigenvalue weighted by atomic mass is 9.55. The van der Waals surface area contributed by atoms with Crippen molar-refractivity contribution in [2.75, 3.05) is 11.9 Å². The lowest BCUT2D eigenvalue weighted by Gasteiger charge is -2.45. The Morgan fingerprint density at radius 2 is 1.34 bits per heavy atom. The van der Waals surface area contributed by atoms with Crippen LogP contribution in [-0.4, -0.2) is 41.2 Å². The van der Waals surface area contributed by atoms with Crippen molar-refractivity contribution in [2.24, 2.45) is 11.8 Å². The second-order valence-electron chi connectivity index (χ2n) is 10.5. The Morgan fingerprint density at radius 1 is 0.842 bits per heavy atom. The smallest absolute Gasteiger partial charge is 0.329 e. The highest BCUT2D eigenvalue weighted by Crippen LogP contribution is 2.61. The fourth-order valence-electron chi connectivity index (χ4n) is 6.50. The molecule has 3 aliphatic carbocycles. The molecule has 0 aromatic heterocycles. The van der Waals surface area contributed by atoms with Gasteiger partial charge in [-0.25, -0.2) is 4.79 Å². The van der Waals surface area contributed by atoms with Gasteiger partial charge < -0.3 is 10.1 Å². The number of imide groups is 1. The van der Waals surface area contributed by atoms with E-state index >= 15 is 0 Å². The summed E-state index contributed by atoms with van der Waals surface area (Å²) in [4.78, 5) is 54.1. The number of benzene rings is 3. The molecule has 2 bridgehead atoms. The zero-order valence-electron chi connectivity index (χ0n) is 21.4. The molecule has 3 aromatic carbocycles. The average Bonchev–Trinajstić information content (AvgIpc) is 3.19. The minimum absolute atomic E-state index is 0.245. The van der Waals surface area contributed by atoms with Crippen LogP contribution in [0.1, 0.15) is 52.1 Å². The van der Waals surface area contributed by atoms with Crippen LogP contribution in [0.25, 0.3) is 0 Å². The summed E-state index contributed by atoms with van der Waals surface area (Å²) in [5.41, 5.74) is 6.79. The highest BCUT2D eigenvalue weighted by Gasteiger charge is 2.62. The predicted octanol–water partition coefficient (Wildman–Crippen LogP) is 4.07. The summed E-state index contributed by atoms with van der Waals surface area (Å²) in [5.74, 6) is -3.62. The largest absolute Gasteiger partial charge is 0.454 e. The van der Waals surface area contributed by atoms with Gasteiger partial charge in [-0.2, -0.15) is 0 Å². The maximum absolute atomic E-state index is 13.8. The first-order valence-electron chi connectivity index (χ1n) is 12.9. The second-order valence-corrected chi connectivity index (χ2v) is 10.5. The molecule has 4 aliphatic rings. The number of anilines is 1. The van der Waals surface area contributed by atoms with Crippen LogP contribution in [0.5, 0.6) is 0 Å². The number of carbonyl (C=O) groups excluding carboxylic acids is 4. The number of carbonyl (C=O) groups is 4. The Hall–Kier alpha value is -4.26. The minimum atomic E-state index is -1.14. The topological polar surface area (TPSA) is 92.8 Å². The molecule has 7 rings (SSSR count). The Balaban J connectivity index is 1.21. The maximum atomic E-state index is 13.8. The van der Waals surface area contributed by atoms with Gasteiger partial charge >= 0.3 is 5.97 Å². The molecule has 3 atom stereocenters. The first-order chi connectivity index (χ1) is 18.3. The number of ether oxygens (including phenoxy) is 1. The SMILES string of the molecule is Cc1ccc(C)c(NC(=O)COC(=O)[C@@H](C)N2C(=O)[C@@H]3C4c5ccccc5C(c5ccccc54)[C@@H]3C2=O)c1. The molecule has 0 radical (unpaired) electrons. The summed E-state index contributed by atoms with van der Waals surface area (Å²) in [5, 5.41) is 2.75. The van der Waals surface area contributed by atoms with E-state index in [9.17, 15) is 19.2 Å². The van der Waals surface area contributed by atoms with E-state index in [0.29, 0.717) is 5.69 Å². The Morgan fingerprint density at radius 3 is 1.84 bits per heavy atom. The Labute approximate surface area is 220 Å². The summed E-state index contributed by atoms with van der Waals surface area (Å²) in [7, 11) is 0. The number of hydrogen-bond donors (Lipinski definition) is 1. The normalized spacial score (nSPS) is 23.4. The third-order valence-corrected chi connectivity index (χ3v) is 8.22. The van der Waals surface area contributed by atoms with E-state index in [0.717, 1.165) is 38.3 Å². The predicted molar refractivity (Wildman–Crippen MR) is 140 cm³/mol. The van der Waals surface area contributed by atoms with Crippen LogP contribution in [0.15, 0.2) is 66.7 Å². The molecule has 3 amide bonds. The number of amides is 3. The molecular weight excluding hydrogens is 480 g/mol. The second kappa shape index (κ2) is 8.94. The third kappa shape index (κ3) is 3.56. The fourth-order valence-corrected chi connectivity index (χ4v) is 6.50. The summed E-state index contributed by atoms with van der Waals surface area (Å²) in [6.45, 7) is 4.76. The van der Waals surface area contributed by atoms with E-state index in [-0.39, 0.29) is 23.7 Å². The van der Waals surface area contributed by atoms with Gasteiger partial charge in [0, 0.05) is 17.5 Å². The van der Waals surface area contributed by atoms with Crippen molar-refractivity contribution in [3.05, 3.63) is 100 Å². The van der Waals surface area contributed by atoms with Crippen molar-refractivity contribution in [3.8, 4) is 0 Å². The summed E-state index contributed by atoms with van der Waals surface area (Å²) in [6.07, 6.45) is 0. The summed E-state index contributed by atoms with van der Waals surface area (Å²) < 4.78 is 5.27. The summed E-state index contributed by atoms with van der Waals surface area (Å²) in [6, 6.07) is 20.5. The highest BCUT2D eigenvalue weighted by atomic mass is 16.5. The van der Waals surface area contributed by atoms with Gasteiger partial charge in [0.05, 0.1) is 11.8 Å². The van der Waals surface area contributed by atoms with Crippen LogP contribution < -0.4 is 5.32 Å². The molecule has 1 N–H and O–H groups in total. The van der Waals surface area contributed by atoms with Crippen molar-refractivity contribution < 1.29 is 23.9 Å². The number of nitrogens with zero attached hydrogens (tertiary/aromatic N) is 1. The van der Waals surface area contributed by atoms with Crippen LogP contribution in [-0.2, 0) is 23.9 Å². The first kappa shape index (κ1) is 24.1. The Kier molecular flexibility index (Phi) is 5.67. The Bertz CT molecular complexity index is 1400. The van der Waals surface area contributed by atoms with E-state index < -0.39 is 36.4 Å². The molecule has 7 nitrogen and oxygen atoms in total. The van der Waals surface area contributed by atoms with Gasteiger partial charge in [0.1, 0.15) is 6.04 Å². The van der Waals surface area contributed by atoms with Gasteiger partial charge in [-0.15, -0.1) is 0 Å². The molecule has 1 heterocycles. The fraction of sp³-hybridized carbons (Fsp3) is 0.290. The number of hydrogen-bond acceptors (Lipinski definition) is 5. The van der Waals surface area contributed by atoms with Crippen molar-refractivity contribution in [1.82, 2.24) is 4.90 Å². The van der Waals surface area contributed by atoms with Crippen LogP contribution in [0, 0.1) is 25.7 Å². The van der Waals surface area contributed by atoms with Crippen molar-refractivity contribution in [2.45, 2.75) is 38.6 Å². The van der Waals surface area contributed by atoms with Crippen LogP contribution in [0.3, 0.4) is 0 Å². The average molecular weight is 509 g/mol. The lowest BCUT2D eigenvalue weighted by Crippen LogP contribution is -2.45. The van der Waals surface area contributed by atoms with E-state index in [1.165, 1.54) is 6.92 Å². The standard InChI is InChI=1S/C31H28N2O5/c1-16-12-13-17(2)23(14-16)32-24(34)15-38-31(37)18(3)33-29(35)27-25-19-8-4-5-9-20(19)26(28(27)30(33)36)22-11-7-6-10-21(22)25/h4-14,18,25-28H,15H2,1-3H3,(H,32,34)/t18-,25?,26?,27-,28+/m1/s1. The molecule has 7 heteroatoms. The van der Waals surface area contributed by atoms with Gasteiger partial charge in [0.25, 0.3) is 5.91 Å². The molecule has 192 valence electrons. The number of rotatable bonds is 5. The number of aryl methyl sites for hydroxylation is 2. The van der Waals surface area contributed by atoms with Crippen LogP contribution >= 0.6 is 0 Å². The monoisotopic (exact) mass is 508 g/mol. The highest BCUT2D eigenvalue weighted by molar-refractivity contribution is 6.10. The maximum Gasteiger partial charge on any atom is 0.329 e. The van der Waals surface area contributed by atoms with E-state index in [4.69, 9.17) is 4.74 Å². The molecule has 0 unspecified atom stereocenters. The lowest BCUT2D eigenvalue weighted by molar-refractivity contribution is -0.159. The van der Waals surface area contributed by atoms with E-state index in [1.54, 1.807) is 0 Å². The summed E-state index contributed by atoms with van der Waals surface area (Å²) >= 11 is 0. The van der Waals surface area contributed by atoms with Crippen LogP contribution in [0.2, 0.25) is 0 Å². The van der Waals surface area contributed by atoms with Gasteiger partial charge in [-0.3, -0.25) is 19.3 Å². The van der Waals surface area contributed by atoms with Crippen molar-refractivity contribution >= 4 is 29.4 Å². The van der Waals surface area contributed by atoms with Gasteiger partial charge in [0.15, 0.2) is 6.61 Å². The molecule has 1 saturated heterocycles. The first-order valence-corrected chi connectivity index (χ1v) is 12.9. The molecule has 0 saturated carbocycles. The van der Waals surface area contributed by atoms with Crippen molar-refractivity contribution in [1.29, 1.82) is 0 Å². The molecular formula is C31H28N2O5. The molecule has 1 fully saturated rings. The molecule has 3 aromatic rings. The molecule has 38 heavy (non-hydrogen) atoms. The number of esters is 1. The zero-order valence-corrected chi connectivity index (χ0v) is 21.4. The van der Waals surface area contributed by atoms with Gasteiger partial charge in [-0.05, 0) is 60.2 Å². The van der Waals surface area contributed by atoms with Crippen molar-refractivity contribution in [3.63, 3.8) is 0 Å². The zero-order chi connectivity index (χ0) is 26.7. The van der Waals surface area contributed by atoms with E-state index in [1.807, 2.05) is 80.6 Å². The van der Waals surface area contributed by atoms with E-state index in [2.05, 4.69) is 5.32 Å². The minimum Gasteiger partial charge on any atom is -0.454 e. The third-order valence-electron chi connectivity index (χ3n) is 8.22. The molecule has 1 aliphatic heterocycles. The number of nitrogens with one attached hydrogen (secondary N) is 1. The van der Waals surface area contributed by atoms with Gasteiger partial charge in [0.2, 0.25) is 11.8 Å². The molecule has 0 spiro atoms. The quantitative estimate of drug-likeness (QED) is 0.414. The van der Waals surface area contributed by atoms with Gasteiger partial charge in [-0.1, -0.05) is 60.7 Å².